The van der Waals surface area contributed by atoms with E-state index in [-0.39, 0.29) is 11.5 Å². The first-order valence-corrected chi connectivity index (χ1v) is 11.9. The Morgan fingerprint density at radius 2 is 1.73 bits per heavy atom. The maximum absolute atomic E-state index is 13.2. The monoisotopic (exact) mass is 473 g/mol. The van der Waals surface area contributed by atoms with Crippen LogP contribution < -0.4 is 10.9 Å². The van der Waals surface area contributed by atoms with Crippen molar-refractivity contribution in [1.82, 2.24) is 19.7 Å². The number of hydrogen-bond donors (Lipinski definition) is 1. The molecule has 7 nitrogen and oxygen atoms in total. The molecule has 5 rings (SSSR count). The standard InChI is InChI=1S/C24H19N5O2S2/c1-15-20(22(31)29(28(15)2)17-11-7-4-8-12-17)18-14-32-23(25-18)27-24-26-21(30)19(33-24)13-16-9-5-3-6-10-16/h3-14H,1-2H3,(H,25,26,27,30)/b19-13-. The van der Waals surface area contributed by atoms with Crippen molar-refractivity contribution in [2.24, 2.45) is 12.0 Å². The van der Waals surface area contributed by atoms with Crippen molar-refractivity contribution >= 4 is 45.4 Å². The van der Waals surface area contributed by atoms with Crippen molar-refractivity contribution in [2.45, 2.75) is 6.92 Å². The molecule has 0 bridgehead atoms. The second-order valence-electron chi connectivity index (χ2n) is 7.34. The molecule has 1 N–H and O–H groups in total. The zero-order chi connectivity index (χ0) is 22.9. The molecular formula is C24H19N5O2S2. The van der Waals surface area contributed by atoms with E-state index in [2.05, 4.69) is 15.3 Å². The quantitative estimate of drug-likeness (QED) is 0.443. The van der Waals surface area contributed by atoms with Gasteiger partial charge in [0.25, 0.3) is 11.5 Å². The molecule has 0 atom stereocenters. The smallest absolute Gasteiger partial charge is 0.281 e. The molecule has 0 aliphatic carbocycles. The van der Waals surface area contributed by atoms with Gasteiger partial charge in [0.05, 0.1) is 21.8 Å². The van der Waals surface area contributed by atoms with Crippen LogP contribution in [0.1, 0.15) is 11.3 Å². The lowest BCUT2D eigenvalue weighted by atomic mass is 10.2. The van der Waals surface area contributed by atoms with Gasteiger partial charge in [-0.3, -0.25) is 14.3 Å². The van der Waals surface area contributed by atoms with Crippen LogP contribution in [-0.4, -0.2) is 25.4 Å². The molecule has 1 fully saturated rings. The Balaban J connectivity index is 1.44. The Kier molecular flexibility index (Phi) is 5.57. The number of benzene rings is 2. The minimum atomic E-state index is -0.191. The third kappa shape index (κ3) is 4.08. The van der Waals surface area contributed by atoms with Gasteiger partial charge in [-0.05, 0) is 42.5 Å². The van der Waals surface area contributed by atoms with E-state index < -0.39 is 0 Å². The highest BCUT2D eigenvalue weighted by Gasteiger charge is 2.25. The summed E-state index contributed by atoms with van der Waals surface area (Å²) in [6.07, 6.45) is 1.83. The van der Waals surface area contributed by atoms with Gasteiger partial charge in [-0.2, -0.15) is 4.99 Å². The number of thioether (sulfide) groups is 1. The van der Waals surface area contributed by atoms with Crippen molar-refractivity contribution in [3.8, 4) is 16.9 Å². The fourth-order valence-corrected chi connectivity index (χ4v) is 5.13. The highest BCUT2D eigenvalue weighted by Crippen LogP contribution is 2.31. The summed E-state index contributed by atoms with van der Waals surface area (Å²) in [6, 6.07) is 19.1. The molecule has 1 aliphatic rings. The number of carbonyl (C=O) groups excluding carboxylic acids is 1. The van der Waals surface area contributed by atoms with Crippen LogP contribution in [0, 0.1) is 6.92 Å². The van der Waals surface area contributed by atoms with Crippen LogP contribution in [0.3, 0.4) is 0 Å². The van der Waals surface area contributed by atoms with E-state index in [0.29, 0.717) is 26.5 Å². The Hall–Kier alpha value is -3.69. The van der Waals surface area contributed by atoms with Crippen LogP contribution in [0.15, 0.2) is 80.7 Å². The van der Waals surface area contributed by atoms with E-state index >= 15 is 0 Å². The van der Waals surface area contributed by atoms with E-state index in [1.54, 1.807) is 4.68 Å². The molecule has 2 aromatic carbocycles. The van der Waals surface area contributed by atoms with Gasteiger partial charge in [-0.15, -0.1) is 11.3 Å². The summed E-state index contributed by atoms with van der Waals surface area (Å²) in [5, 5.41) is 5.54. The zero-order valence-corrected chi connectivity index (χ0v) is 19.5. The number of rotatable bonds is 4. The third-order valence-corrected chi connectivity index (χ3v) is 6.89. The zero-order valence-electron chi connectivity index (χ0n) is 17.9. The van der Waals surface area contributed by atoms with Crippen molar-refractivity contribution < 1.29 is 4.79 Å². The fourth-order valence-electron chi connectivity index (χ4n) is 3.56. The molecule has 1 aliphatic heterocycles. The lowest BCUT2D eigenvalue weighted by Crippen LogP contribution is -2.20. The summed E-state index contributed by atoms with van der Waals surface area (Å²) in [6.45, 7) is 1.90. The molecule has 1 saturated heterocycles. The number of aliphatic imine (C=N–C) groups is 1. The molecule has 9 heteroatoms. The van der Waals surface area contributed by atoms with Crippen LogP contribution in [0.5, 0.6) is 0 Å². The first kappa shape index (κ1) is 21.2. The summed E-state index contributed by atoms with van der Waals surface area (Å²) in [5.74, 6) is -0.191. The van der Waals surface area contributed by atoms with Gasteiger partial charge in [0.1, 0.15) is 0 Å². The SMILES string of the molecule is Cc1c(-c2csc(/N=C3\NC(=O)/C(=C/c4ccccc4)S3)n2)c(=O)n(-c2ccccc2)n1C. The van der Waals surface area contributed by atoms with Crippen molar-refractivity contribution in [3.63, 3.8) is 0 Å². The van der Waals surface area contributed by atoms with E-state index in [1.165, 1.54) is 23.1 Å². The Morgan fingerprint density at radius 3 is 2.45 bits per heavy atom. The Labute approximate surface area is 198 Å². The predicted molar refractivity (Wildman–Crippen MR) is 134 cm³/mol. The summed E-state index contributed by atoms with van der Waals surface area (Å²) >= 11 is 2.60. The highest BCUT2D eigenvalue weighted by atomic mass is 32.2. The fraction of sp³-hybridized carbons (Fsp3) is 0.0833. The van der Waals surface area contributed by atoms with E-state index in [4.69, 9.17) is 0 Å². The number of carbonyl (C=O) groups is 1. The Bertz CT molecular complexity index is 1460. The first-order valence-electron chi connectivity index (χ1n) is 10.2. The lowest BCUT2D eigenvalue weighted by molar-refractivity contribution is -0.115. The Morgan fingerprint density at radius 1 is 1.03 bits per heavy atom. The molecule has 0 radical (unpaired) electrons. The normalized spacial score (nSPS) is 16.0. The van der Waals surface area contributed by atoms with Crippen molar-refractivity contribution in [1.29, 1.82) is 0 Å². The molecule has 0 spiro atoms. The number of para-hydroxylation sites is 1. The minimum absolute atomic E-state index is 0.137. The minimum Gasteiger partial charge on any atom is -0.300 e. The summed E-state index contributed by atoms with van der Waals surface area (Å²) in [5.41, 5.74) is 3.52. The van der Waals surface area contributed by atoms with Crippen molar-refractivity contribution in [2.75, 3.05) is 0 Å². The molecule has 0 unspecified atom stereocenters. The summed E-state index contributed by atoms with van der Waals surface area (Å²) in [4.78, 5) is 35.2. The number of nitrogens with one attached hydrogen (secondary N) is 1. The van der Waals surface area contributed by atoms with Gasteiger partial charge < -0.3 is 5.32 Å². The highest BCUT2D eigenvalue weighted by molar-refractivity contribution is 8.18. The third-order valence-electron chi connectivity index (χ3n) is 5.25. The van der Waals surface area contributed by atoms with Crippen LogP contribution >= 0.6 is 23.1 Å². The average Bonchev–Trinajstić information content (AvgIpc) is 3.47. The molecule has 0 saturated carbocycles. The number of hydrogen-bond acceptors (Lipinski definition) is 6. The van der Waals surface area contributed by atoms with Gasteiger partial charge in [-0.25, -0.2) is 9.67 Å². The van der Waals surface area contributed by atoms with Gasteiger partial charge in [0, 0.05) is 18.1 Å². The first-order chi connectivity index (χ1) is 16.0. The summed E-state index contributed by atoms with van der Waals surface area (Å²) < 4.78 is 3.45. The molecule has 164 valence electrons. The van der Waals surface area contributed by atoms with E-state index in [1.807, 2.05) is 90.8 Å². The summed E-state index contributed by atoms with van der Waals surface area (Å²) in [7, 11) is 1.85. The van der Waals surface area contributed by atoms with Gasteiger partial charge in [0.15, 0.2) is 5.17 Å². The average molecular weight is 474 g/mol. The molecule has 2 aromatic heterocycles. The number of amides is 1. The van der Waals surface area contributed by atoms with Crippen LogP contribution in [0.2, 0.25) is 0 Å². The van der Waals surface area contributed by atoms with E-state index in [0.717, 1.165) is 16.9 Å². The van der Waals surface area contributed by atoms with Crippen LogP contribution in [-0.2, 0) is 11.8 Å². The van der Waals surface area contributed by atoms with Gasteiger partial charge in [0.2, 0.25) is 5.13 Å². The largest absolute Gasteiger partial charge is 0.300 e. The number of thiazole rings is 1. The van der Waals surface area contributed by atoms with Gasteiger partial charge >= 0.3 is 0 Å². The van der Waals surface area contributed by atoms with E-state index in [9.17, 15) is 9.59 Å². The molecule has 4 aromatic rings. The number of amidine groups is 1. The second kappa shape index (κ2) is 8.68. The molecule has 33 heavy (non-hydrogen) atoms. The van der Waals surface area contributed by atoms with Crippen LogP contribution in [0.25, 0.3) is 23.0 Å². The van der Waals surface area contributed by atoms with Crippen molar-refractivity contribution in [3.05, 3.63) is 92.6 Å². The topological polar surface area (TPSA) is 81.3 Å². The number of nitrogens with zero attached hydrogens (tertiary/aromatic N) is 4. The molecule has 1 amide bonds. The lowest BCUT2D eigenvalue weighted by Gasteiger charge is -2.07. The predicted octanol–water partition coefficient (Wildman–Crippen LogP) is 4.50. The molecular weight excluding hydrogens is 454 g/mol. The molecule has 3 heterocycles. The number of aromatic nitrogens is 3. The second-order valence-corrected chi connectivity index (χ2v) is 9.21. The van der Waals surface area contributed by atoms with Gasteiger partial charge in [-0.1, -0.05) is 48.5 Å². The maximum Gasteiger partial charge on any atom is 0.281 e. The van der Waals surface area contributed by atoms with Crippen LogP contribution in [0.4, 0.5) is 5.13 Å². The maximum atomic E-state index is 13.2.